The van der Waals surface area contributed by atoms with Crippen LogP contribution in [0.5, 0.6) is 11.5 Å². The topological polar surface area (TPSA) is 136 Å². The molecule has 0 aliphatic heterocycles. The molecule has 2 unspecified atom stereocenters. The summed E-state index contributed by atoms with van der Waals surface area (Å²) in [5, 5.41) is 29.1. The molecule has 0 saturated heterocycles. The van der Waals surface area contributed by atoms with E-state index < -0.39 is 24.1 Å². The van der Waals surface area contributed by atoms with Gasteiger partial charge in [-0.3, -0.25) is 0 Å². The number of esters is 2. The number of hydrogen-bond donors (Lipinski definition) is 4. The van der Waals surface area contributed by atoms with E-state index in [9.17, 15) is 19.8 Å². The normalized spacial score (nSPS) is 12.8. The minimum atomic E-state index is -0.878. The Hall–Kier alpha value is -4.74. The first-order chi connectivity index (χ1) is 24.8. The number of nitrogens with one attached hydrogen (secondary N) is 2. The van der Waals surface area contributed by atoms with Crippen LogP contribution in [-0.2, 0) is 22.7 Å². The van der Waals surface area contributed by atoms with Gasteiger partial charge in [0.2, 0.25) is 0 Å². The largest absolute Gasteiger partial charge is 0.488 e. The lowest BCUT2D eigenvalue weighted by Crippen LogP contribution is -2.46. The van der Waals surface area contributed by atoms with Gasteiger partial charge in [-0.05, 0) is 87.1 Å². The van der Waals surface area contributed by atoms with Crippen molar-refractivity contribution in [2.45, 2.75) is 77.0 Å². The van der Waals surface area contributed by atoms with Gasteiger partial charge >= 0.3 is 11.9 Å². The first-order valence-corrected chi connectivity index (χ1v) is 17.4. The van der Waals surface area contributed by atoms with Crippen molar-refractivity contribution in [1.29, 1.82) is 0 Å². The van der Waals surface area contributed by atoms with E-state index in [1.165, 1.54) is 14.2 Å². The smallest absolute Gasteiger partial charge is 0.341 e. The lowest BCUT2D eigenvalue weighted by molar-refractivity contribution is 0.0585. The summed E-state index contributed by atoms with van der Waals surface area (Å²) in [4.78, 5) is 25.2. The fourth-order valence-electron chi connectivity index (χ4n) is 5.55. The molecule has 0 bridgehead atoms. The number of carbonyl (C=O) groups excluding carboxylic acids is 2. The van der Waals surface area contributed by atoms with Crippen molar-refractivity contribution in [2.24, 2.45) is 0 Å². The van der Waals surface area contributed by atoms with Crippen molar-refractivity contribution in [1.82, 2.24) is 10.6 Å². The van der Waals surface area contributed by atoms with Gasteiger partial charge in [0.25, 0.3) is 0 Å². The Morgan fingerprint density at radius 1 is 0.596 bits per heavy atom. The summed E-state index contributed by atoms with van der Waals surface area (Å²) >= 11 is 0. The number of carbonyl (C=O) groups is 2. The predicted molar refractivity (Wildman–Crippen MR) is 200 cm³/mol. The van der Waals surface area contributed by atoms with Gasteiger partial charge in [0.1, 0.15) is 35.8 Å². The van der Waals surface area contributed by atoms with Crippen LogP contribution in [0.1, 0.15) is 95.7 Å². The van der Waals surface area contributed by atoms with Crippen molar-refractivity contribution in [3.63, 3.8) is 0 Å². The molecule has 52 heavy (non-hydrogen) atoms. The minimum absolute atomic E-state index is 0.248. The van der Waals surface area contributed by atoms with Crippen LogP contribution in [0.25, 0.3) is 0 Å². The van der Waals surface area contributed by atoms with Crippen molar-refractivity contribution in [3.8, 4) is 11.5 Å². The van der Waals surface area contributed by atoms with Crippen molar-refractivity contribution in [2.75, 3.05) is 27.3 Å². The summed E-state index contributed by atoms with van der Waals surface area (Å²) in [6.45, 7) is 9.39. The lowest BCUT2D eigenvalue weighted by Gasteiger charge is -2.34. The maximum atomic E-state index is 12.6. The molecule has 0 heterocycles. The second-order valence-electron chi connectivity index (χ2n) is 14.1. The Morgan fingerprint density at radius 3 is 1.31 bits per heavy atom. The zero-order valence-electron chi connectivity index (χ0n) is 31.0. The van der Waals surface area contributed by atoms with Crippen molar-refractivity contribution in [3.05, 3.63) is 130 Å². The molecule has 4 N–H and O–H groups in total. The maximum absolute atomic E-state index is 12.6. The van der Waals surface area contributed by atoms with E-state index in [1.807, 2.05) is 60.7 Å². The molecule has 10 nitrogen and oxygen atoms in total. The van der Waals surface area contributed by atoms with Gasteiger partial charge in [0.05, 0.1) is 26.4 Å². The van der Waals surface area contributed by atoms with Gasteiger partial charge in [-0.1, -0.05) is 72.8 Å². The van der Waals surface area contributed by atoms with E-state index in [4.69, 9.17) is 18.9 Å². The zero-order chi connectivity index (χ0) is 37.7. The molecule has 10 heteroatoms. The fourth-order valence-corrected chi connectivity index (χ4v) is 5.55. The summed E-state index contributed by atoms with van der Waals surface area (Å²) in [7, 11) is 2.63. The number of ether oxygens (including phenoxy) is 4. The lowest BCUT2D eigenvalue weighted by atomic mass is 9.89. The van der Waals surface area contributed by atoms with E-state index in [-0.39, 0.29) is 35.3 Å². The van der Waals surface area contributed by atoms with Crippen LogP contribution >= 0.6 is 0 Å². The Labute approximate surface area is 307 Å². The molecule has 0 saturated carbocycles. The van der Waals surface area contributed by atoms with E-state index in [1.54, 1.807) is 36.4 Å². The number of benzene rings is 4. The van der Waals surface area contributed by atoms with E-state index in [2.05, 4.69) is 38.3 Å². The van der Waals surface area contributed by atoms with Crippen LogP contribution in [0, 0.1) is 0 Å². The van der Waals surface area contributed by atoms with Crippen LogP contribution < -0.4 is 20.1 Å². The summed E-state index contributed by atoms with van der Waals surface area (Å²) in [6, 6.07) is 29.4. The highest BCUT2D eigenvalue weighted by atomic mass is 16.5. The zero-order valence-corrected chi connectivity index (χ0v) is 31.0. The molecule has 278 valence electrons. The summed E-state index contributed by atoms with van der Waals surface area (Å²) < 4.78 is 21.8. The van der Waals surface area contributed by atoms with Crippen LogP contribution in [0.2, 0.25) is 0 Å². The van der Waals surface area contributed by atoms with Crippen LogP contribution in [0.15, 0.2) is 97.1 Å². The van der Waals surface area contributed by atoms with Gasteiger partial charge in [-0.15, -0.1) is 0 Å². The Kier molecular flexibility index (Phi) is 14.4. The standard InChI is InChI=1S/C42H52N2O8/c1-41(2,43-25-35(45)31-17-19-37(33(23-31)39(47)49-5)51-27-29-13-9-7-10-14-29)21-22-42(3,4)44-26-36(46)32-18-20-38(34(24-32)40(48)50-6)52-28-30-15-11-8-12-16-30/h7-20,23-24,35-36,43-46H,21-22,25-28H2,1-6H3. The van der Waals surface area contributed by atoms with Gasteiger partial charge in [-0.25, -0.2) is 9.59 Å². The van der Waals surface area contributed by atoms with Crippen LogP contribution in [0.3, 0.4) is 0 Å². The highest BCUT2D eigenvalue weighted by Gasteiger charge is 2.27. The first-order valence-electron chi connectivity index (χ1n) is 17.4. The molecule has 0 amide bonds. The number of rotatable bonds is 19. The molecule has 0 radical (unpaired) electrons. The molecular weight excluding hydrogens is 660 g/mol. The highest BCUT2D eigenvalue weighted by Crippen LogP contribution is 2.28. The number of hydrogen-bond acceptors (Lipinski definition) is 10. The quantitative estimate of drug-likeness (QED) is 0.0778. The van der Waals surface area contributed by atoms with Crippen LogP contribution in [0.4, 0.5) is 0 Å². The summed E-state index contributed by atoms with van der Waals surface area (Å²) in [6.07, 6.45) is -0.237. The van der Waals surface area contributed by atoms with E-state index in [0.717, 1.165) is 24.0 Å². The molecule has 0 aliphatic rings. The fraction of sp³-hybridized carbons (Fsp3) is 0.381. The summed E-state index contributed by atoms with van der Waals surface area (Å²) in [5.74, 6) is -0.319. The van der Waals surface area contributed by atoms with Gasteiger partial charge in [0.15, 0.2) is 0 Å². The highest BCUT2D eigenvalue weighted by molar-refractivity contribution is 5.93. The van der Waals surface area contributed by atoms with Gasteiger partial charge in [0, 0.05) is 24.2 Å². The molecule has 0 aromatic heterocycles. The Balaban J connectivity index is 1.29. The third kappa shape index (κ3) is 11.9. The summed E-state index contributed by atoms with van der Waals surface area (Å²) in [5.41, 5.74) is 2.88. The third-order valence-corrected chi connectivity index (χ3v) is 8.98. The maximum Gasteiger partial charge on any atom is 0.341 e. The first kappa shape index (κ1) is 40.0. The Morgan fingerprint density at radius 2 is 0.962 bits per heavy atom. The number of aliphatic hydroxyl groups excluding tert-OH is 2. The van der Waals surface area contributed by atoms with Crippen molar-refractivity contribution >= 4 is 11.9 Å². The molecule has 4 rings (SSSR count). The molecule has 4 aromatic carbocycles. The van der Waals surface area contributed by atoms with Gasteiger partial charge in [-0.2, -0.15) is 0 Å². The van der Waals surface area contributed by atoms with Gasteiger partial charge < -0.3 is 39.8 Å². The van der Waals surface area contributed by atoms with Crippen molar-refractivity contribution < 1.29 is 38.7 Å². The third-order valence-electron chi connectivity index (χ3n) is 8.98. The molecule has 0 spiro atoms. The SMILES string of the molecule is COC(=O)c1cc(C(O)CNC(C)(C)CCC(C)(C)NCC(O)c2ccc(OCc3ccccc3)c(C(=O)OC)c2)ccc1OCc1ccccc1. The number of β-amino-alcohol motifs (C(OH)–C–C–N with tert-alkyl or cyclic N) is 2. The molecule has 0 aliphatic carbocycles. The molecular formula is C42H52N2O8. The van der Waals surface area contributed by atoms with E-state index >= 15 is 0 Å². The van der Waals surface area contributed by atoms with Crippen LogP contribution in [-0.4, -0.2) is 60.5 Å². The second-order valence-corrected chi connectivity index (χ2v) is 14.1. The average molecular weight is 713 g/mol. The molecule has 4 aromatic rings. The minimum Gasteiger partial charge on any atom is -0.488 e. The monoisotopic (exact) mass is 712 g/mol. The predicted octanol–water partition coefficient (Wildman–Crippen LogP) is 6.70. The average Bonchev–Trinajstić information content (AvgIpc) is 3.16. The molecule has 0 fully saturated rings. The number of aliphatic hydroxyl groups is 2. The van der Waals surface area contributed by atoms with E-state index in [0.29, 0.717) is 35.8 Å². The molecule has 2 atom stereocenters. The Bertz CT molecular complexity index is 1610. The number of methoxy groups -OCH3 is 2. The second kappa shape index (κ2) is 18.7.